The van der Waals surface area contributed by atoms with E-state index in [2.05, 4.69) is 10.3 Å². The van der Waals surface area contributed by atoms with E-state index >= 15 is 0 Å². The highest BCUT2D eigenvalue weighted by Gasteiger charge is 2.15. The van der Waals surface area contributed by atoms with Gasteiger partial charge in [0.25, 0.3) is 5.56 Å². The zero-order valence-electron chi connectivity index (χ0n) is 15.3. The maximum Gasteiger partial charge on any atom is 0.279 e. The molecule has 0 atom stereocenters. The molecule has 4 rings (SSSR count). The van der Waals surface area contributed by atoms with Crippen molar-refractivity contribution in [1.29, 1.82) is 0 Å². The van der Waals surface area contributed by atoms with Gasteiger partial charge < -0.3 is 4.90 Å². The Bertz CT molecular complexity index is 1170. The van der Waals surface area contributed by atoms with Gasteiger partial charge in [-0.3, -0.25) is 9.59 Å². The van der Waals surface area contributed by atoms with E-state index in [1.807, 2.05) is 66.7 Å². The summed E-state index contributed by atoms with van der Waals surface area (Å²) in [6.45, 7) is 0.336. The monoisotopic (exact) mass is 390 g/mol. The van der Waals surface area contributed by atoms with Crippen LogP contribution in [0.3, 0.4) is 0 Å². The molecule has 7 heteroatoms. The standard InChI is InChI=1S/C21H18N4O2S/c1-24(13-15-8-4-2-5-9-15)19(26)14-25-21(27)17-12-18(28-20(17)22-23-25)16-10-6-3-7-11-16/h2-12H,13-14H2,1H3. The summed E-state index contributed by atoms with van der Waals surface area (Å²) in [4.78, 5) is 28.4. The van der Waals surface area contributed by atoms with E-state index in [4.69, 9.17) is 0 Å². The highest BCUT2D eigenvalue weighted by Crippen LogP contribution is 2.30. The normalized spacial score (nSPS) is 10.9. The van der Waals surface area contributed by atoms with Crippen molar-refractivity contribution in [2.24, 2.45) is 0 Å². The van der Waals surface area contributed by atoms with Gasteiger partial charge in [0.1, 0.15) is 6.54 Å². The van der Waals surface area contributed by atoms with Crippen molar-refractivity contribution in [3.63, 3.8) is 0 Å². The average Bonchev–Trinajstić information content (AvgIpc) is 3.17. The van der Waals surface area contributed by atoms with E-state index < -0.39 is 0 Å². The molecular formula is C21H18N4O2S. The van der Waals surface area contributed by atoms with Crippen molar-refractivity contribution in [3.05, 3.63) is 82.6 Å². The van der Waals surface area contributed by atoms with Crippen LogP contribution in [-0.2, 0) is 17.9 Å². The SMILES string of the molecule is CN(Cc1ccccc1)C(=O)Cn1nnc2sc(-c3ccccc3)cc2c1=O. The second-order valence-electron chi connectivity index (χ2n) is 6.48. The van der Waals surface area contributed by atoms with Crippen molar-refractivity contribution < 1.29 is 4.79 Å². The summed E-state index contributed by atoms with van der Waals surface area (Å²) in [6.07, 6.45) is 0. The van der Waals surface area contributed by atoms with Gasteiger partial charge in [0.05, 0.1) is 5.39 Å². The largest absolute Gasteiger partial charge is 0.340 e. The number of benzene rings is 2. The summed E-state index contributed by atoms with van der Waals surface area (Å²) >= 11 is 1.42. The molecule has 0 N–H and O–H groups in total. The first-order valence-electron chi connectivity index (χ1n) is 8.82. The van der Waals surface area contributed by atoms with Gasteiger partial charge in [-0.05, 0) is 17.2 Å². The molecule has 0 fully saturated rings. The van der Waals surface area contributed by atoms with Gasteiger partial charge in [0.2, 0.25) is 5.91 Å². The predicted molar refractivity (Wildman–Crippen MR) is 110 cm³/mol. The van der Waals surface area contributed by atoms with Gasteiger partial charge >= 0.3 is 0 Å². The van der Waals surface area contributed by atoms with Gasteiger partial charge in [-0.1, -0.05) is 65.9 Å². The highest BCUT2D eigenvalue weighted by atomic mass is 32.1. The Balaban J connectivity index is 1.56. The fourth-order valence-corrected chi connectivity index (χ4v) is 3.90. The second kappa shape index (κ2) is 7.74. The Labute approximate surface area is 165 Å². The third-order valence-corrected chi connectivity index (χ3v) is 5.52. The Kier molecular flexibility index (Phi) is 4.99. The quantitative estimate of drug-likeness (QED) is 0.525. The lowest BCUT2D eigenvalue weighted by Crippen LogP contribution is -2.35. The molecule has 140 valence electrons. The van der Waals surface area contributed by atoms with E-state index in [0.29, 0.717) is 16.8 Å². The molecule has 0 spiro atoms. The molecule has 0 aliphatic rings. The van der Waals surface area contributed by atoms with Crippen molar-refractivity contribution in [2.75, 3.05) is 7.05 Å². The molecule has 0 aliphatic carbocycles. The minimum absolute atomic E-state index is 0.137. The first-order valence-corrected chi connectivity index (χ1v) is 9.64. The number of carbonyl (C=O) groups excluding carboxylic acids is 1. The van der Waals surface area contributed by atoms with E-state index in [1.165, 1.54) is 11.3 Å². The van der Waals surface area contributed by atoms with E-state index in [-0.39, 0.29) is 18.0 Å². The lowest BCUT2D eigenvalue weighted by atomic mass is 10.2. The minimum atomic E-state index is -0.301. The maximum absolute atomic E-state index is 12.8. The molecule has 2 heterocycles. The lowest BCUT2D eigenvalue weighted by Gasteiger charge is -2.17. The highest BCUT2D eigenvalue weighted by molar-refractivity contribution is 7.21. The first-order chi connectivity index (χ1) is 13.6. The van der Waals surface area contributed by atoms with Gasteiger partial charge in [-0.25, -0.2) is 4.68 Å². The van der Waals surface area contributed by atoms with Crippen molar-refractivity contribution >= 4 is 27.5 Å². The molecule has 0 bridgehead atoms. The Hall–Kier alpha value is -3.32. The molecule has 4 aromatic rings. The molecule has 2 aromatic carbocycles. The number of hydrogen-bond donors (Lipinski definition) is 0. The zero-order valence-corrected chi connectivity index (χ0v) is 16.1. The van der Waals surface area contributed by atoms with Crippen LogP contribution >= 0.6 is 11.3 Å². The lowest BCUT2D eigenvalue weighted by molar-refractivity contribution is -0.131. The number of likely N-dealkylation sites (N-methyl/N-ethyl adjacent to an activating group) is 1. The molecule has 1 amide bonds. The van der Waals surface area contributed by atoms with Gasteiger partial charge in [0, 0.05) is 18.5 Å². The second-order valence-corrected chi connectivity index (χ2v) is 7.51. The van der Waals surface area contributed by atoms with Gasteiger partial charge in [0.15, 0.2) is 4.83 Å². The summed E-state index contributed by atoms with van der Waals surface area (Å²) in [7, 11) is 1.71. The fourth-order valence-electron chi connectivity index (χ4n) is 2.93. The van der Waals surface area contributed by atoms with Crippen LogP contribution in [0.5, 0.6) is 0 Å². The molecule has 0 radical (unpaired) electrons. The Morgan fingerprint density at radius 3 is 2.46 bits per heavy atom. The van der Waals surface area contributed by atoms with Crippen molar-refractivity contribution in [1.82, 2.24) is 19.9 Å². The fraction of sp³-hybridized carbons (Fsp3) is 0.143. The van der Waals surface area contributed by atoms with E-state index in [1.54, 1.807) is 11.9 Å². The van der Waals surface area contributed by atoms with Crippen LogP contribution in [-0.4, -0.2) is 32.8 Å². The van der Waals surface area contributed by atoms with Crippen LogP contribution in [0.15, 0.2) is 71.5 Å². The maximum atomic E-state index is 12.8. The Morgan fingerprint density at radius 2 is 1.75 bits per heavy atom. The third kappa shape index (κ3) is 3.70. The van der Waals surface area contributed by atoms with E-state index in [0.717, 1.165) is 20.7 Å². The molecule has 2 aromatic heterocycles. The predicted octanol–water partition coefficient (Wildman–Crippen LogP) is 3.18. The number of nitrogens with zero attached hydrogens (tertiary/aromatic N) is 4. The molecule has 0 saturated heterocycles. The summed E-state index contributed by atoms with van der Waals surface area (Å²) in [5, 5.41) is 8.59. The summed E-state index contributed by atoms with van der Waals surface area (Å²) in [6, 6.07) is 21.3. The van der Waals surface area contributed by atoms with Crippen molar-refractivity contribution in [3.8, 4) is 10.4 Å². The number of hydrogen-bond acceptors (Lipinski definition) is 5. The Morgan fingerprint density at radius 1 is 1.07 bits per heavy atom. The van der Waals surface area contributed by atoms with Crippen LogP contribution in [0.4, 0.5) is 0 Å². The van der Waals surface area contributed by atoms with Crippen LogP contribution in [0.25, 0.3) is 20.7 Å². The van der Waals surface area contributed by atoms with Crippen LogP contribution in [0.2, 0.25) is 0 Å². The first kappa shape index (κ1) is 18.1. The number of aromatic nitrogens is 3. The molecule has 0 aliphatic heterocycles. The van der Waals surface area contributed by atoms with Crippen molar-refractivity contribution in [2.45, 2.75) is 13.1 Å². The zero-order chi connectivity index (χ0) is 19.5. The van der Waals surface area contributed by atoms with Crippen LogP contribution in [0, 0.1) is 0 Å². The molecular weight excluding hydrogens is 372 g/mol. The van der Waals surface area contributed by atoms with Gasteiger partial charge in [-0.2, -0.15) is 0 Å². The number of rotatable bonds is 5. The number of carbonyl (C=O) groups is 1. The number of thiophene rings is 1. The molecule has 28 heavy (non-hydrogen) atoms. The topological polar surface area (TPSA) is 68.1 Å². The molecule has 0 saturated carbocycles. The third-order valence-electron chi connectivity index (χ3n) is 4.45. The van der Waals surface area contributed by atoms with Crippen LogP contribution < -0.4 is 5.56 Å². The smallest absolute Gasteiger partial charge is 0.279 e. The molecule has 6 nitrogen and oxygen atoms in total. The number of fused-ring (bicyclic) bond motifs is 1. The summed E-state index contributed by atoms with van der Waals surface area (Å²) in [5.41, 5.74) is 1.75. The molecule has 0 unspecified atom stereocenters. The van der Waals surface area contributed by atoms with Crippen LogP contribution in [0.1, 0.15) is 5.56 Å². The number of amides is 1. The van der Waals surface area contributed by atoms with Gasteiger partial charge in [-0.15, -0.1) is 16.4 Å². The summed E-state index contributed by atoms with van der Waals surface area (Å²) in [5.74, 6) is -0.196. The summed E-state index contributed by atoms with van der Waals surface area (Å²) < 4.78 is 1.13. The minimum Gasteiger partial charge on any atom is -0.340 e. The average molecular weight is 390 g/mol. The van der Waals surface area contributed by atoms with E-state index in [9.17, 15) is 9.59 Å².